The number of ether oxygens (including phenoxy) is 1. The number of carbonyl (C=O) groups is 1. The smallest absolute Gasteiger partial charge is 0.410 e. The number of hydrogen-bond acceptors (Lipinski definition) is 2. The largest absolute Gasteiger partial charge is 0.444 e. The molecule has 0 fully saturated rings. The van der Waals surface area contributed by atoms with E-state index in [1.807, 2.05) is 20.8 Å². The number of hydrogen-bond donors (Lipinski definition) is 1. The Hall–Kier alpha value is -2.37. The first-order valence-corrected chi connectivity index (χ1v) is 8.29. The number of rotatable bonds is 2. The highest BCUT2D eigenvalue weighted by molar-refractivity contribution is 5.71. The number of H-pyrrole nitrogens is 1. The van der Waals surface area contributed by atoms with Crippen molar-refractivity contribution >= 4 is 6.09 Å². The van der Waals surface area contributed by atoms with Crippen molar-refractivity contribution in [1.29, 1.82) is 0 Å². The molecule has 1 unspecified atom stereocenters. The topological polar surface area (TPSA) is 45.3 Å². The second kappa shape index (κ2) is 6.17. The molecule has 134 valence electrons. The van der Waals surface area contributed by atoms with Gasteiger partial charge >= 0.3 is 6.09 Å². The lowest BCUT2D eigenvalue weighted by Gasteiger charge is -2.28. The number of halogens is 2. The molecule has 0 saturated carbocycles. The van der Waals surface area contributed by atoms with E-state index in [1.54, 1.807) is 18.1 Å². The van der Waals surface area contributed by atoms with Crippen molar-refractivity contribution < 1.29 is 18.3 Å². The Morgan fingerprint density at radius 3 is 2.68 bits per heavy atom. The first-order valence-electron chi connectivity index (χ1n) is 8.29. The summed E-state index contributed by atoms with van der Waals surface area (Å²) in [5.74, 6) is -1.21. The summed E-state index contributed by atoms with van der Waals surface area (Å²) < 4.78 is 32.7. The Labute approximate surface area is 145 Å². The number of aromatic nitrogens is 1. The van der Waals surface area contributed by atoms with E-state index in [-0.39, 0.29) is 12.1 Å². The van der Waals surface area contributed by atoms with Gasteiger partial charge in [0.25, 0.3) is 0 Å². The minimum atomic E-state index is -0.605. The van der Waals surface area contributed by atoms with E-state index < -0.39 is 17.2 Å². The first-order chi connectivity index (χ1) is 11.7. The van der Waals surface area contributed by atoms with Crippen molar-refractivity contribution in [1.82, 2.24) is 9.88 Å². The SMILES string of the molecule is CN(C(=O)OC(C)(C)C)C1CCc2c1c[nH]c2-c1ccc(F)cc1F. The molecule has 6 heteroatoms. The summed E-state index contributed by atoms with van der Waals surface area (Å²) in [4.78, 5) is 17.0. The molecule has 0 bridgehead atoms. The number of fused-ring (bicyclic) bond motifs is 1. The van der Waals surface area contributed by atoms with Gasteiger partial charge in [0.15, 0.2) is 0 Å². The van der Waals surface area contributed by atoms with Gasteiger partial charge in [-0.2, -0.15) is 0 Å². The third kappa shape index (κ3) is 3.38. The number of amides is 1. The Bertz CT molecular complexity index is 808. The van der Waals surface area contributed by atoms with E-state index in [4.69, 9.17) is 4.74 Å². The first kappa shape index (κ1) is 17.5. The van der Waals surface area contributed by atoms with Crippen LogP contribution in [0.3, 0.4) is 0 Å². The monoisotopic (exact) mass is 348 g/mol. The summed E-state index contributed by atoms with van der Waals surface area (Å²) in [7, 11) is 1.71. The molecule has 1 aromatic carbocycles. The lowest BCUT2D eigenvalue weighted by molar-refractivity contribution is 0.0220. The molecule has 1 aliphatic rings. The molecule has 1 amide bonds. The van der Waals surface area contributed by atoms with Crippen LogP contribution >= 0.6 is 0 Å². The highest BCUT2D eigenvalue weighted by atomic mass is 19.1. The number of nitrogens with zero attached hydrogens (tertiary/aromatic N) is 1. The molecule has 1 atom stereocenters. The van der Waals surface area contributed by atoms with Gasteiger partial charge in [-0.05, 0) is 56.9 Å². The maximum absolute atomic E-state index is 14.1. The molecular formula is C19H22F2N2O2. The summed E-state index contributed by atoms with van der Waals surface area (Å²) in [6.45, 7) is 5.47. The highest BCUT2D eigenvalue weighted by Crippen LogP contribution is 2.41. The fourth-order valence-corrected chi connectivity index (χ4v) is 3.27. The summed E-state index contributed by atoms with van der Waals surface area (Å²) in [5, 5.41) is 0. The van der Waals surface area contributed by atoms with Crippen LogP contribution in [0.1, 0.15) is 44.4 Å². The third-order valence-corrected chi connectivity index (χ3v) is 4.40. The normalized spacial score (nSPS) is 16.6. The van der Waals surface area contributed by atoms with Crippen LogP contribution in [0.5, 0.6) is 0 Å². The summed E-state index contributed by atoms with van der Waals surface area (Å²) in [5.41, 5.74) is 2.33. The molecule has 25 heavy (non-hydrogen) atoms. The van der Waals surface area contributed by atoms with Gasteiger partial charge in [-0.1, -0.05) is 0 Å². The zero-order chi connectivity index (χ0) is 18.4. The maximum Gasteiger partial charge on any atom is 0.410 e. The average molecular weight is 348 g/mol. The molecule has 1 aromatic heterocycles. The second-order valence-corrected chi connectivity index (χ2v) is 7.37. The van der Waals surface area contributed by atoms with Gasteiger partial charge in [-0.3, -0.25) is 0 Å². The van der Waals surface area contributed by atoms with Crippen LogP contribution in [-0.4, -0.2) is 28.6 Å². The Balaban J connectivity index is 1.88. The molecule has 1 heterocycles. The van der Waals surface area contributed by atoms with Gasteiger partial charge in [0.2, 0.25) is 0 Å². The average Bonchev–Trinajstić information content (AvgIpc) is 3.07. The predicted molar refractivity (Wildman–Crippen MR) is 91.2 cm³/mol. The van der Waals surface area contributed by atoms with Gasteiger partial charge in [0.05, 0.1) is 11.7 Å². The minimum Gasteiger partial charge on any atom is -0.444 e. The van der Waals surface area contributed by atoms with Crippen LogP contribution < -0.4 is 0 Å². The van der Waals surface area contributed by atoms with Gasteiger partial charge in [-0.25, -0.2) is 13.6 Å². The molecule has 0 radical (unpaired) electrons. The molecule has 0 spiro atoms. The van der Waals surface area contributed by atoms with Gasteiger partial charge < -0.3 is 14.6 Å². The van der Waals surface area contributed by atoms with E-state index in [9.17, 15) is 13.6 Å². The van der Waals surface area contributed by atoms with Crippen LogP contribution in [-0.2, 0) is 11.2 Å². The second-order valence-electron chi connectivity index (χ2n) is 7.37. The molecule has 0 aliphatic heterocycles. The standard InChI is InChI=1S/C19H22F2N2O2/c1-19(2,3)25-18(24)23(4)16-8-7-12-14(16)10-22-17(12)13-6-5-11(20)9-15(13)21/h5-6,9-10,16,22H,7-8H2,1-4H3. The fourth-order valence-electron chi connectivity index (χ4n) is 3.27. The van der Waals surface area contributed by atoms with Crippen molar-refractivity contribution in [2.24, 2.45) is 0 Å². The summed E-state index contributed by atoms with van der Waals surface area (Å²) in [6.07, 6.45) is 2.86. The minimum absolute atomic E-state index is 0.127. The highest BCUT2D eigenvalue weighted by Gasteiger charge is 2.34. The van der Waals surface area contributed by atoms with Crippen LogP contribution in [0.2, 0.25) is 0 Å². The number of carbonyl (C=O) groups excluding carboxylic acids is 1. The van der Waals surface area contributed by atoms with Crippen molar-refractivity contribution in [3.63, 3.8) is 0 Å². The fraction of sp³-hybridized carbons (Fsp3) is 0.421. The molecular weight excluding hydrogens is 326 g/mol. The summed E-state index contributed by atoms with van der Waals surface area (Å²) >= 11 is 0. The van der Waals surface area contributed by atoms with Gasteiger partial charge in [0.1, 0.15) is 17.2 Å². The van der Waals surface area contributed by atoms with Crippen LogP contribution in [0.15, 0.2) is 24.4 Å². The van der Waals surface area contributed by atoms with Crippen molar-refractivity contribution in [2.45, 2.75) is 45.3 Å². The summed E-state index contributed by atoms with van der Waals surface area (Å²) in [6, 6.07) is 3.42. The Kier molecular flexibility index (Phi) is 4.31. The lowest BCUT2D eigenvalue weighted by Crippen LogP contribution is -2.36. The zero-order valence-corrected chi connectivity index (χ0v) is 14.8. The van der Waals surface area contributed by atoms with Gasteiger partial charge in [0, 0.05) is 24.9 Å². The Morgan fingerprint density at radius 2 is 2.04 bits per heavy atom. The van der Waals surface area contributed by atoms with Crippen molar-refractivity contribution in [3.8, 4) is 11.3 Å². The van der Waals surface area contributed by atoms with Crippen LogP contribution in [0.4, 0.5) is 13.6 Å². The molecule has 2 aromatic rings. The number of nitrogens with one attached hydrogen (secondary N) is 1. The van der Waals surface area contributed by atoms with E-state index in [0.717, 1.165) is 23.6 Å². The maximum atomic E-state index is 14.1. The molecule has 3 rings (SSSR count). The molecule has 4 nitrogen and oxygen atoms in total. The lowest BCUT2D eigenvalue weighted by atomic mass is 10.1. The molecule has 1 aliphatic carbocycles. The van der Waals surface area contributed by atoms with E-state index in [2.05, 4.69) is 4.98 Å². The quantitative estimate of drug-likeness (QED) is 0.846. The Morgan fingerprint density at radius 1 is 1.32 bits per heavy atom. The van der Waals surface area contributed by atoms with Crippen LogP contribution in [0.25, 0.3) is 11.3 Å². The van der Waals surface area contributed by atoms with Gasteiger partial charge in [-0.15, -0.1) is 0 Å². The third-order valence-electron chi connectivity index (χ3n) is 4.40. The predicted octanol–water partition coefficient (Wildman–Crippen LogP) is 4.81. The van der Waals surface area contributed by atoms with E-state index in [0.29, 0.717) is 17.7 Å². The van der Waals surface area contributed by atoms with Crippen molar-refractivity contribution in [3.05, 3.63) is 47.2 Å². The molecule has 1 N–H and O–H groups in total. The molecule has 0 saturated heterocycles. The van der Waals surface area contributed by atoms with Crippen molar-refractivity contribution in [2.75, 3.05) is 7.05 Å². The van der Waals surface area contributed by atoms with E-state index in [1.165, 1.54) is 12.1 Å². The van der Waals surface area contributed by atoms with E-state index >= 15 is 0 Å². The number of benzene rings is 1. The zero-order valence-electron chi connectivity index (χ0n) is 14.8. The van der Waals surface area contributed by atoms with Crippen LogP contribution in [0, 0.1) is 11.6 Å². The number of aromatic amines is 1.